The van der Waals surface area contributed by atoms with Crippen LogP contribution < -0.4 is 5.32 Å². The maximum atomic E-state index is 12.7. The van der Waals surface area contributed by atoms with Gasteiger partial charge in [0.1, 0.15) is 12.1 Å². The second-order valence-electron chi connectivity index (χ2n) is 7.13. The molecule has 4 amide bonds. The minimum absolute atomic E-state index is 0.193. The fourth-order valence-corrected chi connectivity index (χ4v) is 3.40. The molecule has 134 valence electrons. The van der Waals surface area contributed by atoms with Crippen molar-refractivity contribution in [3.05, 3.63) is 35.4 Å². The van der Waals surface area contributed by atoms with Crippen LogP contribution in [-0.4, -0.2) is 46.3 Å². The van der Waals surface area contributed by atoms with Gasteiger partial charge in [0, 0.05) is 13.1 Å². The molecule has 1 saturated carbocycles. The van der Waals surface area contributed by atoms with Gasteiger partial charge in [-0.2, -0.15) is 0 Å². The molecule has 1 N–H and O–H groups in total. The second kappa shape index (κ2) is 6.50. The lowest BCUT2D eigenvalue weighted by Crippen LogP contribution is -2.47. The summed E-state index contributed by atoms with van der Waals surface area (Å²) in [6.07, 6.45) is 1.89. The van der Waals surface area contributed by atoms with Crippen molar-refractivity contribution in [1.29, 1.82) is 0 Å². The molecule has 0 radical (unpaired) electrons. The first-order chi connectivity index (χ1) is 11.9. The summed E-state index contributed by atoms with van der Waals surface area (Å²) in [4.78, 5) is 40.3. The van der Waals surface area contributed by atoms with Crippen LogP contribution in [0.3, 0.4) is 0 Å². The summed E-state index contributed by atoms with van der Waals surface area (Å²) < 4.78 is 0. The number of urea groups is 1. The molecule has 1 saturated heterocycles. The van der Waals surface area contributed by atoms with Crippen LogP contribution in [0.1, 0.15) is 37.8 Å². The minimum Gasteiger partial charge on any atom is -0.337 e. The maximum Gasteiger partial charge on any atom is 0.325 e. The SMILES string of the molecule is CCN(Cc1ccccc1C)C(=O)CN1C(=O)NC(C)(C2CC2)C1=O. The first-order valence-electron chi connectivity index (χ1n) is 8.83. The summed E-state index contributed by atoms with van der Waals surface area (Å²) in [7, 11) is 0. The van der Waals surface area contributed by atoms with E-state index < -0.39 is 11.6 Å². The van der Waals surface area contributed by atoms with E-state index in [1.165, 1.54) is 0 Å². The molecule has 1 aromatic rings. The zero-order chi connectivity index (χ0) is 18.2. The fraction of sp³-hybridized carbons (Fsp3) is 0.526. The molecule has 2 fully saturated rings. The first kappa shape index (κ1) is 17.5. The van der Waals surface area contributed by atoms with E-state index in [-0.39, 0.29) is 24.3 Å². The Morgan fingerprint density at radius 2 is 2.00 bits per heavy atom. The van der Waals surface area contributed by atoms with Gasteiger partial charge in [-0.15, -0.1) is 0 Å². The Kier molecular flexibility index (Phi) is 4.54. The number of rotatable bonds is 6. The third-order valence-corrected chi connectivity index (χ3v) is 5.35. The van der Waals surface area contributed by atoms with E-state index in [9.17, 15) is 14.4 Å². The largest absolute Gasteiger partial charge is 0.337 e. The van der Waals surface area contributed by atoms with Crippen LogP contribution in [0.25, 0.3) is 0 Å². The molecule has 1 atom stereocenters. The van der Waals surface area contributed by atoms with E-state index in [1.807, 2.05) is 38.1 Å². The molecule has 1 aliphatic heterocycles. The third-order valence-electron chi connectivity index (χ3n) is 5.35. The van der Waals surface area contributed by atoms with Gasteiger partial charge in [0.25, 0.3) is 5.91 Å². The number of hydrogen-bond donors (Lipinski definition) is 1. The molecule has 6 heteroatoms. The van der Waals surface area contributed by atoms with Crippen LogP contribution in [0.5, 0.6) is 0 Å². The van der Waals surface area contributed by atoms with Gasteiger partial charge < -0.3 is 10.2 Å². The zero-order valence-electron chi connectivity index (χ0n) is 15.0. The third kappa shape index (κ3) is 3.25. The molecule has 0 bridgehead atoms. The summed E-state index contributed by atoms with van der Waals surface area (Å²) in [5.74, 6) is -0.298. The highest BCUT2D eigenvalue weighted by Crippen LogP contribution is 2.42. The van der Waals surface area contributed by atoms with Crippen molar-refractivity contribution in [1.82, 2.24) is 15.1 Å². The van der Waals surface area contributed by atoms with Crippen LogP contribution in [0.2, 0.25) is 0 Å². The Morgan fingerprint density at radius 3 is 2.60 bits per heavy atom. The van der Waals surface area contributed by atoms with E-state index in [2.05, 4.69) is 5.32 Å². The molecule has 3 rings (SSSR count). The topological polar surface area (TPSA) is 69.7 Å². The number of amides is 4. The van der Waals surface area contributed by atoms with Gasteiger partial charge in [0.2, 0.25) is 5.91 Å². The lowest BCUT2D eigenvalue weighted by molar-refractivity contribution is -0.139. The van der Waals surface area contributed by atoms with Crippen molar-refractivity contribution in [3.63, 3.8) is 0 Å². The van der Waals surface area contributed by atoms with Crippen molar-refractivity contribution < 1.29 is 14.4 Å². The Bertz CT molecular complexity index is 714. The highest BCUT2D eigenvalue weighted by molar-refractivity contribution is 6.09. The normalized spacial score (nSPS) is 22.9. The highest BCUT2D eigenvalue weighted by Gasteiger charge is 2.56. The summed E-state index contributed by atoms with van der Waals surface area (Å²) in [6, 6.07) is 7.44. The highest BCUT2D eigenvalue weighted by atomic mass is 16.2. The predicted octanol–water partition coefficient (Wildman–Crippen LogP) is 2.06. The molecule has 1 unspecified atom stereocenters. The smallest absolute Gasteiger partial charge is 0.325 e. The quantitative estimate of drug-likeness (QED) is 0.804. The van der Waals surface area contributed by atoms with E-state index >= 15 is 0 Å². The van der Waals surface area contributed by atoms with Crippen molar-refractivity contribution in [2.24, 2.45) is 5.92 Å². The maximum absolute atomic E-state index is 12.7. The van der Waals surface area contributed by atoms with Gasteiger partial charge >= 0.3 is 6.03 Å². The van der Waals surface area contributed by atoms with Gasteiger partial charge in [0.15, 0.2) is 0 Å². The zero-order valence-corrected chi connectivity index (χ0v) is 15.0. The molecule has 25 heavy (non-hydrogen) atoms. The predicted molar refractivity (Wildman–Crippen MR) is 93.6 cm³/mol. The van der Waals surface area contributed by atoms with E-state index in [0.29, 0.717) is 13.1 Å². The Balaban J connectivity index is 1.69. The van der Waals surface area contributed by atoms with Gasteiger partial charge in [-0.05, 0) is 50.7 Å². The number of carbonyl (C=O) groups is 3. The number of aryl methyl sites for hydroxylation is 1. The molecular weight excluding hydrogens is 318 g/mol. The van der Waals surface area contributed by atoms with Crippen LogP contribution in [-0.2, 0) is 16.1 Å². The van der Waals surface area contributed by atoms with Gasteiger partial charge in [-0.25, -0.2) is 4.79 Å². The monoisotopic (exact) mass is 343 g/mol. The van der Waals surface area contributed by atoms with E-state index in [1.54, 1.807) is 11.8 Å². The standard InChI is InChI=1S/C19H25N3O3/c1-4-21(11-14-8-6-5-7-13(14)2)16(23)12-22-17(24)19(3,15-9-10-15)20-18(22)25/h5-8,15H,4,9-12H2,1-3H3,(H,20,25). The molecule has 1 aliphatic carbocycles. The van der Waals surface area contributed by atoms with Crippen LogP contribution in [0, 0.1) is 12.8 Å². The average Bonchev–Trinajstić information content (AvgIpc) is 3.40. The number of nitrogens with one attached hydrogen (secondary N) is 1. The van der Waals surface area contributed by atoms with Crippen LogP contribution >= 0.6 is 0 Å². The fourth-order valence-electron chi connectivity index (χ4n) is 3.40. The van der Waals surface area contributed by atoms with Crippen LogP contribution in [0.4, 0.5) is 4.79 Å². The average molecular weight is 343 g/mol. The van der Waals surface area contributed by atoms with Gasteiger partial charge in [0.05, 0.1) is 0 Å². The molecular formula is C19H25N3O3. The minimum atomic E-state index is -0.843. The summed E-state index contributed by atoms with van der Waals surface area (Å²) >= 11 is 0. The summed E-state index contributed by atoms with van der Waals surface area (Å²) in [5.41, 5.74) is 1.34. The summed E-state index contributed by atoms with van der Waals surface area (Å²) in [6.45, 7) is 6.47. The van der Waals surface area contributed by atoms with E-state index in [4.69, 9.17) is 0 Å². The Labute approximate surface area is 148 Å². The second-order valence-corrected chi connectivity index (χ2v) is 7.13. The number of nitrogens with zero attached hydrogens (tertiary/aromatic N) is 2. The molecule has 0 spiro atoms. The first-order valence-corrected chi connectivity index (χ1v) is 8.83. The molecule has 1 heterocycles. The summed E-state index contributed by atoms with van der Waals surface area (Å²) in [5, 5.41) is 2.78. The van der Waals surface area contributed by atoms with E-state index in [0.717, 1.165) is 28.9 Å². The molecule has 0 aromatic heterocycles. The van der Waals surface area contributed by atoms with Gasteiger partial charge in [-0.1, -0.05) is 24.3 Å². The number of carbonyl (C=O) groups excluding carboxylic acids is 3. The van der Waals surface area contributed by atoms with Gasteiger partial charge in [-0.3, -0.25) is 14.5 Å². The number of imide groups is 1. The van der Waals surface area contributed by atoms with Crippen LogP contribution in [0.15, 0.2) is 24.3 Å². The lowest BCUT2D eigenvalue weighted by Gasteiger charge is -2.25. The molecule has 6 nitrogen and oxygen atoms in total. The van der Waals surface area contributed by atoms with Crippen molar-refractivity contribution in [2.75, 3.05) is 13.1 Å². The lowest BCUT2D eigenvalue weighted by atomic mass is 9.96. The Morgan fingerprint density at radius 1 is 1.32 bits per heavy atom. The molecule has 2 aliphatic rings. The van der Waals surface area contributed by atoms with Crippen molar-refractivity contribution in [3.8, 4) is 0 Å². The number of likely N-dealkylation sites (N-methyl/N-ethyl adjacent to an activating group) is 1. The Hall–Kier alpha value is -2.37. The number of hydrogen-bond acceptors (Lipinski definition) is 3. The molecule has 1 aromatic carbocycles. The van der Waals surface area contributed by atoms with Crippen molar-refractivity contribution in [2.45, 2.75) is 45.7 Å². The number of benzene rings is 1. The van der Waals surface area contributed by atoms with Crippen molar-refractivity contribution >= 4 is 17.8 Å².